The normalized spacial score (nSPS) is 9.95. The van der Waals surface area contributed by atoms with E-state index in [1.807, 2.05) is 0 Å². The van der Waals surface area contributed by atoms with Gasteiger partial charge in [-0.05, 0) is 30.3 Å². The highest BCUT2D eigenvalue weighted by molar-refractivity contribution is 6.31. The number of benzene rings is 1. The second-order valence-corrected chi connectivity index (χ2v) is 4.63. The lowest BCUT2D eigenvalue weighted by Gasteiger charge is -2.10. The standard InChI is InChI=1S/C15H13ClN2O4/c1-21-13-7-6-9(16)8-12(13)18-14(19)10-4-3-5-11(17-10)15(20)22-2/h3-8H,1-2H3,(H,18,19). The van der Waals surface area contributed by atoms with E-state index in [1.54, 1.807) is 24.3 Å². The third-order valence-corrected chi connectivity index (χ3v) is 3.02. The highest BCUT2D eigenvalue weighted by Gasteiger charge is 2.14. The number of methoxy groups -OCH3 is 2. The zero-order valence-electron chi connectivity index (χ0n) is 11.9. The van der Waals surface area contributed by atoms with Crippen molar-refractivity contribution < 1.29 is 19.1 Å². The van der Waals surface area contributed by atoms with Gasteiger partial charge in [0, 0.05) is 5.02 Å². The Hall–Kier alpha value is -2.60. The molecule has 0 spiro atoms. The number of nitrogens with zero attached hydrogens (tertiary/aromatic N) is 1. The van der Waals surface area contributed by atoms with Crippen molar-refractivity contribution in [2.75, 3.05) is 19.5 Å². The zero-order chi connectivity index (χ0) is 16.1. The maximum atomic E-state index is 12.2. The van der Waals surface area contributed by atoms with Crippen LogP contribution in [0.3, 0.4) is 0 Å². The van der Waals surface area contributed by atoms with Crippen molar-refractivity contribution in [1.29, 1.82) is 0 Å². The van der Waals surface area contributed by atoms with E-state index in [9.17, 15) is 9.59 Å². The van der Waals surface area contributed by atoms with Crippen LogP contribution in [0.2, 0.25) is 5.02 Å². The molecule has 0 aliphatic rings. The van der Waals surface area contributed by atoms with Crippen LogP contribution in [0.1, 0.15) is 21.0 Å². The molecular formula is C15H13ClN2O4. The van der Waals surface area contributed by atoms with Gasteiger partial charge < -0.3 is 14.8 Å². The van der Waals surface area contributed by atoms with Gasteiger partial charge in [-0.15, -0.1) is 0 Å². The number of hydrogen-bond donors (Lipinski definition) is 1. The van der Waals surface area contributed by atoms with E-state index in [1.165, 1.54) is 26.4 Å². The molecule has 0 fully saturated rings. The molecule has 1 N–H and O–H groups in total. The molecule has 0 saturated heterocycles. The summed E-state index contributed by atoms with van der Waals surface area (Å²) in [6.45, 7) is 0. The average molecular weight is 321 g/mol. The maximum absolute atomic E-state index is 12.2. The molecule has 0 saturated carbocycles. The number of esters is 1. The lowest BCUT2D eigenvalue weighted by Crippen LogP contribution is -2.16. The number of pyridine rings is 1. The van der Waals surface area contributed by atoms with E-state index in [4.69, 9.17) is 16.3 Å². The summed E-state index contributed by atoms with van der Waals surface area (Å²) in [5, 5.41) is 3.09. The van der Waals surface area contributed by atoms with Crippen molar-refractivity contribution in [2.45, 2.75) is 0 Å². The van der Waals surface area contributed by atoms with Crippen LogP contribution in [0.4, 0.5) is 5.69 Å². The zero-order valence-corrected chi connectivity index (χ0v) is 12.7. The summed E-state index contributed by atoms with van der Waals surface area (Å²) < 4.78 is 9.72. The number of amides is 1. The molecule has 0 atom stereocenters. The lowest BCUT2D eigenvalue weighted by atomic mass is 10.2. The number of rotatable bonds is 4. The van der Waals surface area contributed by atoms with Crippen molar-refractivity contribution in [3.63, 3.8) is 0 Å². The number of nitrogens with one attached hydrogen (secondary N) is 1. The summed E-state index contributed by atoms with van der Waals surface area (Å²) in [6, 6.07) is 9.33. The summed E-state index contributed by atoms with van der Waals surface area (Å²) in [6.07, 6.45) is 0. The molecule has 1 heterocycles. The second-order valence-electron chi connectivity index (χ2n) is 4.20. The summed E-state index contributed by atoms with van der Waals surface area (Å²) in [4.78, 5) is 27.6. The number of halogens is 1. The SMILES string of the molecule is COC(=O)c1cccc(C(=O)Nc2cc(Cl)ccc2OC)n1. The molecular weight excluding hydrogens is 308 g/mol. The molecule has 0 radical (unpaired) electrons. The summed E-state index contributed by atoms with van der Waals surface area (Å²) >= 11 is 5.91. The second kappa shape index (κ2) is 6.91. The molecule has 114 valence electrons. The van der Waals surface area contributed by atoms with E-state index in [-0.39, 0.29) is 11.4 Å². The van der Waals surface area contributed by atoms with Gasteiger partial charge in [-0.2, -0.15) is 0 Å². The first kappa shape index (κ1) is 15.8. The molecule has 1 aromatic heterocycles. The number of carbonyl (C=O) groups excluding carboxylic acids is 2. The molecule has 0 bridgehead atoms. The van der Waals surface area contributed by atoms with Crippen LogP contribution in [0, 0.1) is 0 Å². The van der Waals surface area contributed by atoms with Gasteiger partial charge in [-0.1, -0.05) is 17.7 Å². The predicted molar refractivity (Wildman–Crippen MR) is 81.5 cm³/mol. The monoisotopic (exact) mass is 320 g/mol. The number of anilines is 1. The first-order valence-corrected chi connectivity index (χ1v) is 6.63. The van der Waals surface area contributed by atoms with Gasteiger partial charge in [0.05, 0.1) is 19.9 Å². The quantitative estimate of drug-likeness (QED) is 0.876. The molecule has 0 aliphatic heterocycles. The van der Waals surface area contributed by atoms with Crippen LogP contribution in [0.25, 0.3) is 0 Å². The van der Waals surface area contributed by atoms with Crippen molar-refractivity contribution in [1.82, 2.24) is 4.98 Å². The van der Waals surface area contributed by atoms with Gasteiger partial charge in [0.1, 0.15) is 17.1 Å². The van der Waals surface area contributed by atoms with E-state index in [0.29, 0.717) is 16.5 Å². The Balaban J connectivity index is 2.26. The first-order valence-electron chi connectivity index (χ1n) is 6.25. The van der Waals surface area contributed by atoms with E-state index >= 15 is 0 Å². The summed E-state index contributed by atoms with van der Waals surface area (Å²) in [7, 11) is 2.72. The Morgan fingerprint density at radius 3 is 2.55 bits per heavy atom. The fourth-order valence-corrected chi connectivity index (χ4v) is 1.92. The van der Waals surface area contributed by atoms with Crippen LogP contribution >= 0.6 is 11.6 Å². The highest BCUT2D eigenvalue weighted by atomic mass is 35.5. The van der Waals surface area contributed by atoms with Crippen molar-refractivity contribution in [3.05, 3.63) is 52.8 Å². The molecule has 2 rings (SSSR count). The van der Waals surface area contributed by atoms with Gasteiger partial charge in [0.25, 0.3) is 5.91 Å². The topological polar surface area (TPSA) is 77.5 Å². The highest BCUT2D eigenvalue weighted by Crippen LogP contribution is 2.27. The molecule has 1 amide bonds. The average Bonchev–Trinajstić information content (AvgIpc) is 2.54. The molecule has 22 heavy (non-hydrogen) atoms. The molecule has 6 nitrogen and oxygen atoms in total. The molecule has 1 aromatic carbocycles. The third kappa shape index (κ3) is 3.53. The van der Waals surface area contributed by atoms with Crippen LogP contribution in [0.5, 0.6) is 5.75 Å². The number of hydrogen-bond acceptors (Lipinski definition) is 5. The van der Waals surface area contributed by atoms with Gasteiger partial charge >= 0.3 is 5.97 Å². The Kier molecular flexibility index (Phi) is 4.95. The summed E-state index contributed by atoms with van der Waals surface area (Å²) in [5.41, 5.74) is 0.531. The van der Waals surface area contributed by atoms with Crippen molar-refractivity contribution in [2.24, 2.45) is 0 Å². The fourth-order valence-electron chi connectivity index (χ4n) is 1.74. The predicted octanol–water partition coefficient (Wildman–Crippen LogP) is 2.78. The smallest absolute Gasteiger partial charge is 0.356 e. The molecule has 7 heteroatoms. The fraction of sp³-hybridized carbons (Fsp3) is 0.133. The van der Waals surface area contributed by atoms with Gasteiger partial charge in [0.2, 0.25) is 0 Å². The lowest BCUT2D eigenvalue weighted by molar-refractivity contribution is 0.0594. The molecule has 2 aromatic rings. The molecule has 0 aliphatic carbocycles. The minimum atomic E-state index is -0.616. The van der Waals surface area contributed by atoms with Crippen LogP contribution < -0.4 is 10.1 Å². The number of ether oxygens (including phenoxy) is 2. The van der Waals surface area contributed by atoms with E-state index < -0.39 is 11.9 Å². The van der Waals surface area contributed by atoms with Crippen molar-refractivity contribution in [3.8, 4) is 5.75 Å². The van der Waals surface area contributed by atoms with E-state index in [0.717, 1.165) is 0 Å². The maximum Gasteiger partial charge on any atom is 0.356 e. The number of carbonyl (C=O) groups is 2. The van der Waals surface area contributed by atoms with Crippen LogP contribution in [-0.4, -0.2) is 31.1 Å². The Morgan fingerprint density at radius 1 is 1.14 bits per heavy atom. The Labute approximate surface area is 132 Å². The van der Waals surface area contributed by atoms with Crippen molar-refractivity contribution >= 4 is 29.2 Å². The van der Waals surface area contributed by atoms with Crippen LogP contribution in [0.15, 0.2) is 36.4 Å². The van der Waals surface area contributed by atoms with Gasteiger partial charge in [-0.25, -0.2) is 9.78 Å². The minimum absolute atomic E-state index is 0.0493. The molecule has 0 unspecified atom stereocenters. The Bertz CT molecular complexity index is 718. The number of aromatic nitrogens is 1. The van der Waals surface area contributed by atoms with Gasteiger partial charge in [0.15, 0.2) is 0 Å². The van der Waals surface area contributed by atoms with Gasteiger partial charge in [-0.3, -0.25) is 4.79 Å². The largest absolute Gasteiger partial charge is 0.495 e. The van der Waals surface area contributed by atoms with E-state index in [2.05, 4.69) is 15.0 Å². The third-order valence-electron chi connectivity index (χ3n) is 2.79. The Morgan fingerprint density at radius 2 is 1.86 bits per heavy atom. The first-order chi connectivity index (χ1) is 10.5. The van der Waals surface area contributed by atoms with Crippen LogP contribution in [-0.2, 0) is 4.74 Å². The minimum Gasteiger partial charge on any atom is -0.495 e. The summed E-state index contributed by atoms with van der Waals surface area (Å²) in [5.74, 6) is -0.650.